The van der Waals surface area contributed by atoms with Crippen LogP contribution in [0.25, 0.3) is 0 Å². The molecule has 51 heavy (non-hydrogen) atoms. The van der Waals surface area contributed by atoms with Crippen molar-refractivity contribution in [2.45, 2.75) is 104 Å². The molecule has 0 aromatic heterocycles. The average Bonchev–Trinajstić information content (AvgIpc) is 3.32. The van der Waals surface area contributed by atoms with E-state index in [-0.39, 0.29) is 30.0 Å². The molecule has 10 heteroatoms. The molecule has 0 saturated carbocycles. The van der Waals surface area contributed by atoms with Crippen LogP contribution in [0, 0.1) is 25.2 Å². The highest BCUT2D eigenvalue weighted by Crippen LogP contribution is 2.36. The van der Waals surface area contributed by atoms with Gasteiger partial charge in [0.1, 0.15) is 5.75 Å². The van der Waals surface area contributed by atoms with E-state index in [1.807, 2.05) is 56.0 Å². The van der Waals surface area contributed by atoms with Gasteiger partial charge in [0, 0.05) is 56.4 Å². The van der Waals surface area contributed by atoms with Crippen molar-refractivity contribution in [3.8, 4) is 5.75 Å². The highest BCUT2D eigenvalue weighted by Gasteiger charge is 2.35. The Labute approximate surface area is 305 Å². The fourth-order valence-electron chi connectivity index (χ4n) is 8.38. The van der Waals surface area contributed by atoms with Crippen molar-refractivity contribution in [2.24, 2.45) is 11.3 Å². The summed E-state index contributed by atoms with van der Waals surface area (Å²) in [6.45, 7) is 16.9. The first-order chi connectivity index (χ1) is 24.4. The van der Waals surface area contributed by atoms with E-state index in [1.54, 1.807) is 4.90 Å². The third-order valence-corrected chi connectivity index (χ3v) is 12.1. The van der Waals surface area contributed by atoms with Gasteiger partial charge in [-0.25, -0.2) is 9.59 Å². The van der Waals surface area contributed by atoms with Crippen molar-refractivity contribution in [1.82, 2.24) is 19.6 Å². The number of nitrogens with zero attached hydrogens (tertiary/aromatic N) is 4. The highest BCUT2D eigenvalue weighted by atomic mass is 16.5. The van der Waals surface area contributed by atoms with Crippen molar-refractivity contribution in [3.63, 3.8) is 0 Å². The lowest BCUT2D eigenvalue weighted by Crippen LogP contribution is -2.51. The maximum atomic E-state index is 13.0. The molecule has 10 nitrogen and oxygen atoms in total. The quantitative estimate of drug-likeness (QED) is 0.336. The Kier molecular flexibility index (Phi) is 12.9. The van der Waals surface area contributed by atoms with Crippen LogP contribution in [0.5, 0.6) is 5.75 Å². The number of urea groups is 1. The molecule has 4 heterocycles. The van der Waals surface area contributed by atoms with Crippen molar-refractivity contribution in [1.29, 1.82) is 0 Å². The Balaban J connectivity index is 0.000000205. The summed E-state index contributed by atoms with van der Waals surface area (Å²) in [4.78, 5) is 45.4. The minimum atomic E-state index is -0.286. The number of phenols is 1. The molecule has 2 aromatic rings. The van der Waals surface area contributed by atoms with Gasteiger partial charge in [0.05, 0.1) is 7.11 Å². The third-order valence-electron chi connectivity index (χ3n) is 12.1. The van der Waals surface area contributed by atoms with Crippen LogP contribution in [0.1, 0.15) is 88.0 Å². The van der Waals surface area contributed by atoms with Gasteiger partial charge in [0.2, 0.25) is 5.91 Å². The number of hydrogen-bond acceptors (Lipinski definition) is 6. The van der Waals surface area contributed by atoms with E-state index in [1.165, 1.54) is 45.0 Å². The van der Waals surface area contributed by atoms with E-state index < -0.39 is 0 Å². The molecule has 0 radical (unpaired) electrons. The van der Waals surface area contributed by atoms with Crippen LogP contribution in [0.3, 0.4) is 0 Å². The molecule has 1 atom stereocenters. The topological polar surface area (TPSA) is 106 Å². The van der Waals surface area contributed by atoms with Crippen molar-refractivity contribution in [2.75, 3.05) is 58.2 Å². The van der Waals surface area contributed by atoms with Gasteiger partial charge in [-0.2, -0.15) is 0 Å². The van der Waals surface area contributed by atoms with Crippen LogP contribution >= 0.6 is 0 Å². The number of amides is 4. The molecular weight excluding hydrogens is 642 g/mol. The number of benzene rings is 2. The van der Waals surface area contributed by atoms with E-state index in [2.05, 4.69) is 35.0 Å². The molecule has 6 rings (SSSR count). The van der Waals surface area contributed by atoms with Crippen LogP contribution in [0.15, 0.2) is 36.4 Å². The number of methoxy groups -OCH3 is 1. The molecule has 4 aliphatic heterocycles. The maximum absolute atomic E-state index is 13.0. The lowest BCUT2D eigenvalue weighted by molar-refractivity contribution is -0.136. The maximum Gasteiger partial charge on any atom is 0.409 e. The number of nitrogens with one attached hydrogen (secondary N) is 1. The number of likely N-dealkylation sites (tertiary alicyclic amines) is 3. The average molecular weight is 704 g/mol. The summed E-state index contributed by atoms with van der Waals surface area (Å²) in [5.41, 5.74) is 5.53. The molecule has 2 aromatic carbocycles. The number of aromatic hydroxyl groups is 1. The van der Waals surface area contributed by atoms with Crippen molar-refractivity contribution < 1.29 is 24.2 Å². The second-order valence-corrected chi connectivity index (χ2v) is 15.7. The highest BCUT2D eigenvalue weighted by molar-refractivity contribution is 5.91. The van der Waals surface area contributed by atoms with Crippen molar-refractivity contribution in [3.05, 3.63) is 58.7 Å². The van der Waals surface area contributed by atoms with Crippen molar-refractivity contribution >= 4 is 23.7 Å². The minimum Gasteiger partial charge on any atom is -0.507 e. The molecule has 3 fully saturated rings. The standard InChI is InChI=1S/C25H40N2O2.C16H21N3O3/c1-6-25(5)9-13-26(14-10-25)22-7-11-27(12-8-22)24(29)20(4)17-21-15-18(2)23(28)19(3)16-21;1-22-16(21)18-9-7-13(8-10-18)19-11-6-12-4-2-3-5-14(12)17-15(19)20/h15-16,20,22,28H,6-14,17H2,1-5H3;2-5,13H,6-11H2,1H3,(H,17,20)/t20-;/m1./s1. The zero-order valence-electron chi connectivity index (χ0n) is 31.9. The van der Waals surface area contributed by atoms with E-state index in [9.17, 15) is 19.5 Å². The fourth-order valence-corrected chi connectivity index (χ4v) is 8.38. The summed E-state index contributed by atoms with van der Waals surface area (Å²) >= 11 is 0. The first-order valence-corrected chi connectivity index (χ1v) is 19.2. The summed E-state index contributed by atoms with van der Waals surface area (Å²) < 4.78 is 4.75. The molecule has 4 amide bonds. The second-order valence-electron chi connectivity index (χ2n) is 15.7. The lowest BCUT2D eigenvalue weighted by Gasteiger charge is -2.45. The lowest BCUT2D eigenvalue weighted by atomic mass is 9.77. The summed E-state index contributed by atoms with van der Waals surface area (Å²) in [5, 5.41) is 13.0. The molecule has 4 aliphatic rings. The number of hydrogen-bond donors (Lipinski definition) is 2. The predicted octanol–water partition coefficient (Wildman–Crippen LogP) is 7.00. The number of para-hydroxylation sites is 1. The van der Waals surface area contributed by atoms with Crippen LogP contribution < -0.4 is 5.32 Å². The Bertz CT molecular complexity index is 1480. The number of phenolic OH excluding ortho intramolecular Hbond substituents is 1. The van der Waals surface area contributed by atoms with Crippen LogP contribution in [0.4, 0.5) is 15.3 Å². The third kappa shape index (κ3) is 9.56. The molecule has 2 N–H and O–H groups in total. The second kappa shape index (κ2) is 17.2. The molecule has 0 bridgehead atoms. The summed E-state index contributed by atoms with van der Waals surface area (Å²) in [6, 6.07) is 12.7. The Hall–Kier alpha value is -3.79. The van der Waals surface area contributed by atoms with Gasteiger partial charge in [0.25, 0.3) is 0 Å². The van der Waals surface area contributed by atoms with Gasteiger partial charge in [0.15, 0.2) is 0 Å². The predicted molar refractivity (Wildman–Crippen MR) is 202 cm³/mol. The largest absolute Gasteiger partial charge is 0.507 e. The number of fused-ring (bicyclic) bond motifs is 1. The molecule has 0 unspecified atom stereocenters. The van der Waals surface area contributed by atoms with Crippen LogP contribution in [-0.4, -0.2) is 108 Å². The van der Waals surface area contributed by atoms with Gasteiger partial charge in [-0.15, -0.1) is 0 Å². The van der Waals surface area contributed by atoms with E-state index in [0.29, 0.717) is 36.8 Å². The first-order valence-electron chi connectivity index (χ1n) is 19.2. The zero-order valence-corrected chi connectivity index (χ0v) is 31.9. The molecular formula is C41H61N5O5. The number of carbonyl (C=O) groups excluding carboxylic acids is 3. The first kappa shape index (κ1) is 38.4. The number of aryl methyl sites for hydroxylation is 2. The van der Waals surface area contributed by atoms with E-state index in [4.69, 9.17) is 4.74 Å². The normalized spacial score (nSPS) is 20.7. The summed E-state index contributed by atoms with van der Waals surface area (Å²) in [7, 11) is 1.40. The minimum absolute atomic E-state index is 0.0184. The molecule has 0 aliphatic carbocycles. The summed E-state index contributed by atoms with van der Waals surface area (Å²) in [6.07, 6.45) is 9.01. The number of anilines is 1. The van der Waals surface area contributed by atoms with Gasteiger partial charge in [-0.05, 0) is 112 Å². The Morgan fingerprint density at radius 1 is 0.922 bits per heavy atom. The molecule has 3 saturated heterocycles. The van der Waals surface area contributed by atoms with Gasteiger partial charge >= 0.3 is 12.1 Å². The van der Waals surface area contributed by atoms with Crippen LogP contribution in [0.2, 0.25) is 0 Å². The fraction of sp³-hybridized carbons (Fsp3) is 0.634. The SMILES string of the molecule is CCC1(C)CCN(C2CCN(C(=O)[C@H](C)Cc3cc(C)c(O)c(C)c3)CC2)CC1.COC(=O)N1CCC(N2CCc3ccccc3NC2=O)CC1. The summed E-state index contributed by atoms with van der Waals surface area (Å²) in [5.74, 6) is 0.631. The van der Waals surface area contributed by atoms with E-state index in [0.717, 1.165) is 74.0 Å². The Morgan fingerprint density at radius 2 is 1.51 bits per heavy atom. The smallest absolute Gasteiger partial charge is 0.409 e. The van der Waals surface area contributed by atoms with Gasteiger partial charge < -0.3 is 34.8 Å². The Morgan fingerprint density at radius 3 is 2.12 bits per heavy atom. The number of rotatable bonds is 6. The van der Waals surface area contributed by atoms with E-state index >= 15 is 0 Å². The zero-order chi connectivity index (χ0) is 36.7. The number of piperidine rings is 3. The van der Waals surface area contributed by atoms with Gasteiger partial charge in [-0.3, -0.25) is 4.79 Å². The van der Waals surface area contributed by atoms with Gasteiger partial charge in [-0.1, -0.05) is 57.5 Å². The number of carbonyl (C=O) groups is 3. The number of ether oxygens (including phenoxy) is 1. The molecule has 280 valence electrons. The monoisotopic (exact) mass is 703 g/mol. The molecule has 0 spiro atoms. The van der Waals surface area contributed by atoms with Crippen LogP contribution in [-0.2, 0) is 22.4 Å².